The van der Waals surface area contributed by atoms with E-state index in [0.717, 1.165) is 68.1 Å². The number of pyridine rings is 1. The van der Waals surface area contributed by atoms with Crippen LogP contribution < -0.4 is 9.47 Å². The van der Waals surface area contributed by atoms with Crippen molar-refractivity contribution in [1.29, 1.82) is 0 Å². The summed E-state index contributed by atoms with van der Waals surface area (Å²) >= 11 is 0. The summed E-state index contributed by atoms with van der Waals surface area (Å²) in [6, 6.07) is 17.0. The van der Waals surface area contributed by atoms with Crippen LogP contribution in [0.4, 0.5) is 0 Å². The van der Waals surface area contributed by atoms with Gasteiger partial charge < -0.3 is 14.2 Å². The molecule has 2 saturated heterocycles. The van der Waals surface area contributed by atoms with Crippen LogP contribution in [-0.2, 0) is 11.3 Å². The Kier molecular flexibility index (Phi) is 5.04. The van der Waals surface area contributed by atoms with Gasteiger partial charge >= 0.3 is 0 Å². The Labute approximate surface area is 189 Å². The third kappa shape index (κ3) is 3.35. The van der Waals surface area contributed by atoms with E-state index in [9.17, 15) is 0 Å². The maximum atomic E-state index is 6.87. The van der Waals surface area contributed by atoms with Gasteiger partial charge in [-0.15, -0.1) is 0 Å². The lowest BCUT2D eigenvalue weighted by Crippen LogP contribution is -2.57. The molecule has 32 heavy (non-hydrogen) atoms. The fourth-order valence-corrected chi connectivity index (χ4v) is 5.98. The summed E-state index contributed by atoms with van der Waals surface area (Å²) in [5.41, 5.74) is 3.39. The monoisotopic (exact) mass is 430 g/mol. The second kappa shape index (κ2) is 8.05. The van der Waals surface area contributed by atoms with E-state index in [1.807, 2.05) is 18.3 Å². The smallest absolute Gasteiger partial charge is 0.167 e. The first kappa shape index (κ1) is 20.0. The molecule has 0 radical (unpaired) electrons. The van der Waals surface area contributed by atoms with E-state index in [-0.39, 0.29) is 11.7 Å². The normalized spacial score (nSPS) is 24.5. The summed E-state index contributed by atoms with van der Waals surface area (Å²) in [5.74, 6) is 2.13. The van der Waals surface area contributed by atoms with Gasteiger partial charge in [-0.2, -0.15) is 0 Å². The third-order valence-electron chi connectivity index (χ3n) is 7.62. The molecule has 6 rings (SSSR count). The predicted octanol–water partition coefficient (Wildman–Crippen LogP) is 5.14. The van der Waals surface area contributed by atoms with E-state index >= 15 is 0 Å². The number of aromatic nitrogens is 1. The Morgan fingerprint density at radius 3 is 2.91 bits per heavy atom. The fraction of sp³-hybridized carbons (Fsp3) is 0.444. The average Bonchev–Trinajstić information content (AvgIpc) is 2.85. The standard InChI is InChI=1S/C27H30N2O3/c1-30-24-8-2-6-21-25-22(7-4-16-31-25)27(32-26(21)24)11-14-29(15-12-27)18-19-9-10-23-20(17-19)5-3-13-28-23/h2-3,5-6,8-10,13,17,22,25H,4,7,11-12,14-16,18H2,1H3/t22-,25+/m0/s1. The molecule has 1 aromatic heterocycles. The highest BCUT2D eigenvalue weighted by molar-refractivity contribution is 5.78. The number of hydrogen-bond acceptors (Lipinski definition) is 5. The third-order valence-corrected chi connectivity index (χ3v) is 7.62. The fourth-order valence-electron chi connectivity index (χ4n) is 5.98. The van der Waals surface area contributed by atoms with Gasteiger partial charge in [-0.1, -0.05) is 24.3 Å². The molecular weight excluding hydrogens is 400 g/mol. The van der Waals surface area contributed by atoms with Crippen LogP contribution in [0.5, 0.6) is 11.5 Å². The van der Waals surface area contributed by atoms with Gasteiger partial charge in [0.15, 0.2) is 11.5 Å². The van der Waals surface area contributed by atoms with Crippen molar-refractivity contribution < 1.29 is 14.2 Å². The molecule has 0 bridgehead atoms. The lowest BCUT2D eigenvalue weighted by molar-refractivity contribution is -0.150. The van der Waals surface area contributed by atoms with E-state index in [0.29, 0.717) is 5.92 Å². The van der Waals surface area contributed by atoms with Crippen molar-refractivity contribution in [3.63, 3.8) is 0 Å². The minimum absolute atomic E-state index is 0.113. The molecule has 5 nitrogen and oxygen atoms in total. The van der Waals surface area contributed by atoms with Crippen molar-refractivity contribution in [1.82, 2.24) is 9.88 Å². The maximum Gasteiger partial charge on any atom is 0.167 e. The minimum atomic E-state index is -0.170. The quantitative estimate of drug-likeness (QED) is 0.576. The summed E-state index contributed by atoms with van der Waals surface area (Å²) in [4.78, 5) is 7.00. The van der Waals surface area contributed by atoms with Crippen molar-refractivity contribution in [2.45, 2.75) is 43.9 Å². The lowest BCUT2D eigenvalue weighted by Gasteiger charge is -2.53. The molecule has 3 aliphatic rings. The molecule has 0 amide bonds. The Morgan fingerprint density at radius 1 is 1.12 bits per heavy atom. The molecule has 5 heteroatoms. The Hall–Kier alpha value is -2.63. The van der Waals surface area contributed by atoms with Crippen LogP contribution >= 0.6 is 0 Å². The highest BCUT2D eigenvalue weighted by atomic mass is 16.5. The first-order valence-electron chi connectivity index (χ1n) is 11.8. The van der Waals surface area contributed by atoms with Crippen molar-refractivity contribution in [3.05, 3.63) is 65.9 Å². The molecule has 0 unspecified atom stereocenters. The van der Waals surface area contributed by atoms with Gasteiger partial charge in [-0.3, -0.25) is 9.88 Å². The summed E-state index contributed by atoms with van der Waals surface area (Å²) in [5, 5.41) is 1.21. The van der Waals surface area contributed by atoms with Crippen molar-refractivity contribution in [2.75, 3.05) is 26.8 Å². The number of likely N-dealkylation sites (tertiary alicyclic amines) is 1. The average molecular weight is 431 g/mol. The zero-order valence-corrected chi connectivity index (χ0v) is 18.6. The van der Waals surface area contributed by atoms with Crippen LogP contribution in [0, 0.1) is 5.92 Å². The first-order chi connectivity index (χ1) is 15.8. The predicted molar refractivity (Wildman–Crippen MR) is 124 cm³/mol. The molecule has 2 aromatic carbocycles. The Morgan fingerprint density at radius 2 is 2.03 bits per heavy atom. The van der Waals surface area contributed by atoms with E-state index in [1.54, 1.807) is 7.11 Å². The number of methoxy groups -OCH3 is 1. The highest BCUT2D eigenvalue weighted by Crippen LogP contribution is 2.55. The zero-order valence-electron chi connectivity index (χ0n) is 18.6. The van der Waals surface area contributed by atoms with Gasteiger partial charge in [0, 0.05) is 62.1 Å². The second-order valence-corrected chi connectivity index (χ2v) is 9.39. The molecule has 0 saturated carbocycles. The molecule has 0 aliphatic carbocycles. The van der Waals surface area contributed by atoms with E-state index < -0.39 is 0 Å². The van der Waals surface area contributed by atoms with Crippen molar-refractivity contribution in [3.8, 4) is 11.5 Å². The molecular formula is C27H30N2O3. The first-order valence-corrected chi connectivity index (χ1v) is 11.8. The second-order valence-electron chi connectivity index (χ2n) is 9.39. The molecule has 3 aromatic rings. The number of hydrogen-bond donors (Lipinski definition) is 0. The van der Waals surface area contributed by atoms with Crippen molar-refractivity contribution >= 4 is 10.9 Å². The van der Waals surface area contributed by atoms with E-state index in [4.69, 9.17) is 14.2 Å². The van der Waals surface area contributed by atoms with Gasteiger partial charge in [0.05, 0.1) is 18.7 Å². The van der Waals surface area contributed by atoms with Gasteiger partial charge in [0.1, 0.15) is 5.60 Å². The number of para-hydroxylation sites is 1. The summed E-state index contributed by atoms with van der Waals surface area (Å²) < 4.78 is 18.9. The molecule has 2 fully saturated rings. The van der Waals surface area contributed by atoms with E-state index in [1.165, 1.54) is 17.4 Å². The maximum absolute atomic E-state index is 6.87. The number of rotatable bonds is 3. The molecule has 166 valence electrons. The van der Waals surface area contributed by atoms with Crippen LogP contribution in [0.1, 0.15) is 42.9 Å². The van der Waals surface area contributed by atoms with Gasteiger partial charge in [-0.05, 0) is 42.7 Å². The largest absolute Gasteiger partial charge is 0.493 e. The van der Waals surface area contributed by atoms with Crippen LogP contribution in [-0.4, -0.2) is 42.3 Å². The minimum Gasteiger partial charge on any atom is -0.493 e. The Bertz CT molecular complexity index is 1120. The summed E-state index contributed by atoms with van der Waals surface area (Å²) in [6.07, 6.45) is 6.28. The van der Waals surface area contributed by atoms with Crippen LogP contribution in [0.15, 0.2) is 54.7 Å². The number of fused-ring (bicyclic) bond motifs is 5. The lowest BCUT2D eigenvalue weighted by atomic mass is 9.70. The van der Waals surface area contributed by atoms with Crippen LogP contribution in [0.3, 0.4) is 0 Å². The topological polar surface area (TPSA) is 43.8 Å². The number of ether oxygens (including phenoxy) is 3. The molecule has 1 spiro atoms. The van der Waals surface area contributed by atoms with Crippen LogP contribution in [0.2, 0.25) is 0 Å². The number of nitrogens with zero attached hydrogens (tertiary/aromatic N) is 2. The van der Waals surface area contributed by atoms with Gasteiger partial charge in [0.25, 0.3) is 0 Å². The molecule has 4 heterocycles. The SMILES string of the molecule is COc1cccc2c1OC1(CCN(Cc3ccc4ncccc4c3)CC1)[C@H]1CCCO[C@H]21. The van der Waals surface area contributed by atoms with Crippen LogP contribution in [0.25, 0.3) is 10.9 Å². The van der Waals surface area contributed by atoms with Gasteiger partial charge in [-0.25, -0.2) is 0 Å². The number of benzene rings is 2. The van der Waals surface area contributed by atoms with Gasteiger partial charge in [0.2, 0.25) is 0 Å². The van der Waals surface area contributed by atoms with Crippen molar-refractivity contribution in [2.24, 2.45) is 5.92 Å². The molecule has 3 aliphatic heterocycles. The summed E-state index contributed by atoms with van der Waals surface area (Å²) in [7, 11) is 1.72. The molecule has 0 N–H and O–H groups in total. The molecule has 2 atom stereocenters. The zero-order chi connectivity index (χ0) is 21.5. The Balaban J connectivity index is 1.23. The number of piperidine rings is 1. The summed E-state index contributed by atoms with van der Waals surface area (Å²) in [6.45, 7) is 3.85. The highest BCUT2D eigenvalue weighted by Gasteiger charge is 2.53. The van der Waals surface area contributed by atoms with E-state index in [2.05, 4.69) is 46.3 Å².